The quantitative estimate of drug-likeness (QED) is 0.661. The van der Waals surface area contributed by atoms with Crippen molar-refractivity contribution >= 4 is 11.8 Å². The van der Waals surface area contributed by atoms with E-state index in [-0.39, 0.29) is 17.7 Å². The van der Waals surface area contributed by atoms with Crippen molar-refractivity contribution in [2.75, 3.05) is 6.54 Å². The molecule has 100 valence electrons. The Balaban J connectivity index is 2.11. The number of nitrogens with zero attached hydrogens (tertiary/aromatic N) is 1. The van der Waals surface area contributed by atoms with Gasteiger partial charge in [0.05, 0.1) is 6.07 Å². The number of amides is 2. The lowest BCUT2D eigenvalue weighted by molar-refractivity contribution is -0.125. The molecule has 1 atom stereocenters. The van der Waals surface area contributed by atoms with Gasteiger partial charge in [0.2, 0.25) is 11.8 Å². The van der Waals surface area contributed by atoms with Crippen LogP contribution in [0, 0.1) is 23.2 Å². The summed E-state index contributed by atoms with van der Waals surface area (Å²) in [5.41, 5.74) is 0. The van der Waals surface area contributed by atoms with E-state index in [0.29, 0.717) is 25.4 Å². The molecule has 0 aliphatic heterocycles. The van der Waals surface area contributed by atoms with Crippen LogP contribution in [-0.2, 0) is 9.59 Å². The molecule has 1 fully saturated rings. The molecule has 0 heterocycles. The van der Waals surface area contributed by atoms with E-state index in [1.165, 1.54) is 0 Å². The highest BCUT2D eigenvalue weighted by atomic mass is 16.2. The summed E-state index contributed by atoms with van der Waals surface area (Å²) < 4.78 is 0. The highest BCUT2D eigenvalue weighted by Gasteiger charge is 2.23. The van der Waals surface area contributed by atoms with Crippen molar-refractivity contribution in [1.82, 2.24) is 10.6 Å². The van der Waals surface area contributed by atoms with Crippen LogP contribution in [0.2, 0.25) is 0 Å². The van der Waals surface area contributed by atoms with E-state index in [0.717, 1.165) is 12.8 Å². The van der Waals surface area contributed by atoms with E-state index >= 15 is 0 Å². The Labute approximate surface area is 108 Å². The summed E-state index contributed by atoms with van der Waals surface area (Å²) in [6, 6.07) is 2.38. The lowest BCUT2D eigenvalue weighted by Gasteiger charge is -2.12. The minimum absolute atomic E-state index is 0.00756. The lowest BCUT2D eigenvalue weighted by Crippen LogP contribution is -2.34. The van der Waals surface area contributed by atoms with Gasteiger partial charge >= 0.3 is 0 Å². The van der Waals surface area contributed by atoms with Crippen LogP contribution in [0.25, 0.3) is 0 Å². The zero-order chi connectivity index (χ0) is 13.5. The lowest BCUT2D eigenvalue weighted by atomic mass is 9.97. The minimum atomic E-state index is -0.606. The number of carbonyl (C=O) groups is 2. The molecule has 0 saturated heterocycles. The summed E-state index contributed by atoms with van der Waals surface area (Å²) in [7, 11) is 0. The first-order valence-corrected chi connectivity index (χ1v) is 6.51. The molecule has 1 aliphatic rings. The zero-order valence-electron chi connectivity index (χ0n) is 11.0. The maximum absolute atomic E-state index is 11.6. The van der Waals surface area contributed by atoms with Gasteiger partial charge in [0, 0.05) is 19.0 Å². The van der Waals surface area contributed by atoms with Crippen molar-refractivity contribution in [3.05, 3.63) is 0 Å². The summed E-state index contributed by atoms with van der Waals surface area (Å²) in [5, 5.41) is 14.4. The fourth-order valence-corrected chi connectivity index (χ4v) is 1.61. The third-order valence-electron chi connectivity index (χ3n) is 2.91. The molecule has 5 heteroatoms. The normalized spacial score (nSPS) is 15.9. The number of rotatable bonds is 7. The topological polar surface area (TPSA) is 82.0 Å². The maximum Gasteiger partial charge on any atom is 0.237 e. The molecule has 1 saturated carbocycles. The molecule has 0 aromatic heterocycles. The molecular weight excluding hydrogens is 230 g/mol. The molecule has 2 N–H and O–H groups in total. The van der Waals surface area contributed by atoms with Crippen LogP contribution in [0.15, 0.2) is 0 Å². The summed E-state index contributed by atoms with van der Waals surface area (Å²) in [5.74, 6) is -0.791. The van der Waals surface area contributed by atoms with E-state index in [2.05, 4.69) is 10.6 Å². The highest BCUT2D eigenvalue weighted by molar-refractivity contribution is 5.81. The van der Waals surface area contributed by atoms with Crippen LogP contribution in [-0.4, -0.2) is 24.4 Å². The van der Waals surface area contributed by atoms with Crippen molar-refractivity contribution in [2.45, 2.75) is 45.6 Å². The predicted molar refractivity (Wildman–Crippen MR) is 67.3 cm³/mol. The van der Waals surface area contributed by atoms with Gasteiger partial charge in [0.25, 0.3) is 0 Å². The first kappa shape index (κ1) is 14.5. The molecule has 1 unspecified atom stereocenters. The van der Waals surface area contributed by atoms with Gasteiger partial charge in [-0.3, -0.25) is 9.59 Å². The molecule has 5 nitrogen and oxygen atoms in total. The van der Waals surface area contributed by atoms with Crippen LogP contribution < -0.4 is 10.6 Å². The van der Waals surface area contributed by atoms with Gasteiger partial charge < -0.3 is 10.6 Å². The zero-order valence-corrected chi connectivity index (χ0v) is 11.0. The second kappa shape index (κ2) is 7.00. The number of hydrogen-bond acceptors (Lipinski definition) is 3. The van der Waals surface area contributed by atoms with E-state index < -0.39 is 5.92 Å². The van der Waals surface area contributed by atoms with Gasteiger partial charge in [-0.05, 0) is 25.2 Å². The number of nitrogens with one attached hydrogen (secondary N) is 2. The largest absolute Gasteiger partial charge is 0.355 e. The SMILES string of the molecule is CC(C)C(C#N)C(=O)NCCCC(=O)NC1CC1. The minimum Gasteiger partial charge on any atom is -0.355 e. The highest BCUT2D eigenvalue weighted by Crippen LogP contribution is 2.18. The first-order valence-electron chi connectivity index (χ1n) is 6.51. The van der Waals surface area contributed by atoms with Gasteiger partial charge in [-0.25, -0.2) is 0 Å². The molecular formula is C13H21N3O2. The molecule has 0 bridgehead atoms. The molecule has 0 aromatic carbocycles. The van der Waals surface area contributed by atoms with E-state index in [4.69, 9.17) is 5.26 Å². The molecule has 1 rings (SSSR count). The summed E-state index contributed by atoms with van der Waals surface area (Å²) in [4.78, 5) is 23.0. The third-order valence-corrected chi connectivity index (χ3v) is 2.91. The van der Waals surface area contributed by atoms with Crippen molar-refractivity contribution in [3.63, 3.8) is 0 Å². The van der Waals surface area contributed by atoms with Gasteiger partial charge in [0.15, 0.2) is 0 Å². The smallest absolute Gasteiger partial charge is 0.237 e. The summed E-state index contributed by atoms with van der Waals surface area (Å²) in [6.07, 6.45) is 3.21. The summed E-state index contributed by atoms with van der Waals surface area (Å²) in [6.45, 7) is 4.13. The van der Waals surface area contributed by atoms with E-state index in [9.17, 15) is 9.59 Å². The van der Waals surface area contributed by atoms with E-state index in [1.54, 1.807) is 0 Å². The Hall–Kier alpha value is -1.57. The van der Waals surface area contributed by atoms with Crippen molar-refractivity contribution in [2.24, 2.45) is 11.8 Å². The fourth-order valence-electron chi connectivity index (χ4n) is 1.61. The van der Waals surface area contributed by atoms with Crippen LogP contribution in [0.4, 0.5) is 0 Å². The Morgan fingerprint density at radius 3 is 2.56 bits per heavy atom. The number of hydrogen-bond donors (Lipinski definition) is 2. The van der Waals surface area contributed by atoms with Crippen LogP contribution in [0.3, 0.4) is 0 Å². The Bertz CT molecular complexity index is 343. The standard InChI is InChI=1S/C13H21N3O2/c1-9(2)11(8-14)13(18)15-7-3-4-12(17)16-10-5-6-10/h9-11H,3-7H2,1-2H3,(H,15,18)(H,16,17). The van der Waals surface area contributed by atoms with Gasteiger partial charge in [0.1, 0.15) is 5.92 Å². The molecule has 18 heavy (non-hydrogen) atoms. The summed E-state index contributed by atoms with van der Waals surface area (Å²) >= 11 is 0. The third kappa shape index (κ3) is 5.17. The number of nitriles is 1. The molecule has 1 aliphatic carbocycles. The van der Waals surface area contributed by atoms with Crippen molar-refractivity contribution < 1.29 is 9.59 Å². The Morgan fingerprint density at radius 1 is 1.39 bits per heavy atom. The predicted octanol–water partition coefficient (Wildman–Crippen LogP) is 0.957. The Morgan fingerprint density at radius 2 is 2.06 bits per heavy atom. The first-order chi connectivity index (χ1) is 8.54. The second-order valence-electron chi connectivity index (χ2n) is 5.09. The van der Waals surface area contributed by atoms with Crippen LogP contribution in [0.5, 0.6) is 0 Å². The second-order valence-corrected chi connectivity index (χ2v) is 5.09. The van der Waals surface area contributed by atoms with Crippen LogP contribution in [0.1, 0.15) is 39.5 Å². The van der Waals surface area contributed by atoms with E-state index in [1.807, 2.05) is 19.9 Å². The average Bonchev–Trinajstić information content (AvgIpc) is 3.08. The van der Waals surface area contributed by atoms with Gasteiger partial charge in [-0.1, -0.05) is 13.8 Å². The molecule has 0 radical (unpaired) electrons. The van der Waals surface area contributed by atoms with Crippen molar-refractivity contribution in [1.29, 1.82) is 5.26 Å². The number of carbonyl (C=O) groups excluding carboxylic acids is 2. The van der Waals surface area contributed by atoms with Crippen molar-refractivity contribution in [3.8, 4) is 6.07 Å². The average molecular weight is 251 g/mol. The van der Waals surface area contributed by atoms with Gasteiger partial charge in [-0.15, -0.1) is 0 Å². The Kier molecular flexibility index (Phi) is 5.63. The van der Waals surface area contributed by atoms with Crippen LogP contribution >= 0.6 is 0 Å². The maximum atomic E-state index is 11.6. The molecule has 0 spiro atoms. The fraction of sp³-hybridized carbons (Fsp3) is 0.769. The van der Waals surface area contributed by atoms with Gasteiger partial charge in [-0.2, -0.15) is 5.26 Å². The molecule has 0 aromatic rings. The molecule has 2 amide bonds. The monoisotopic (exact) mass is 251 g/mol.